The quantitative estimate of drug-likeness (QED) is 0.240. The van der Waals surface area contributed by atoms with Crippen molar-refractivity contribution in [2.75, 3.05) is 27.3 Å². The molecule has 0 spiro atoms. The fourth-order valence-electron chi connectivity index (χ4n) is 5.20. The highest BCUT2D eigenvalue weighted by molar-refractivity contribution is 6.01. The Hall–Kier alpha value is -3.64. The number of aryl methyl sites for hydroxylation is 1. The molecule has 186 valence electrons. The van der Waals surface area contributed by atoms with Gasteiger partial charge in [-0.1, -0.05) is 49.0 Å². The van der Waals surface area contributed by atoms with Crippen LogP contribution in [0.25, 0.3) is 33.6 Å². The predicted molar refractivity (Wildman–Crippen MR) is 143 cm³/mol. The topological polar surface area (TPSA) is 60.6 Å². The molecule has 0 radical (unpaired) electrons. The third-order valence-corrected chi connectivity index (χ3v) is 7.16. The Bertz CT molecular complexity index is 1310. The van der Waals surface area contributed by atoms with Crippen LogP contribution in [0.3, 0.4) is 0 Å². The van der Waals surface area contributed by atoms with Gasteiger partial charge < -0.3 is 13.9 Å². The summed E-state index contributed by atoms with van der Waals surface area (Å²) >= 11 is 0. The third-order valence-electron chi connectivity index (χ3n) is 7.16. The minimum Gasteiger partial charge on any atom is -0.502 e. The average Bonchev–Trinajstić information content (AvgIpc) is 3.55. The van der Waals surface area contributed by atoms with Crippen LogP contribution in [-0.2, 0) is 11.2 Å². The molecule has 1 fully saturated rings. The molecule has 0 aliphatic carbocycles. The highest BCUT2D eigenvalue weighted by atomic mass is 16.5. The van der Waals surface area contributed by atoms with Crippen molar-refractivity contribution in [2.45, 2.75) is 38.1 Å². The van der Waals surface area contributed by atoms with Gasteiger partial charge in [0.05, 0.1) is 31.1 Å². The minimum atomic E-state index is 0.532. The molecule has 1 aliphatic heterocycles. The zero-order chi connectivity index (χ0) is 24.9. The van der Waals surface area contributed by atoms with Crippen molar-refractivity contribution in [3.8, 4) is 28.2 Å². The van der Waals surface area contributed by atoms with E-state index < -0.39 is 0 Å². The molecule has 1 aliphatic rings. The molecule has 0 N–H and O–H groups in total. The summed E-state index contributed by atoms with van der Waals surface area (Å²) in [5, 5.41) is 0.999. The van der Waals surface area contributed by atoms with Crippen LogP contribution in [0, 0.1) is 0 Å². The van der Waals surface area contributed by atoms with E-state index >= 15 is 0 Å². The summed E-state index contributed by atoms with van der Waals surface area (Å²) in [5.74, 6) is 2.48. The highest BCUT2D eigenvalue weighted by Gasteiger charge is 2.26. The molecule has 0 bridgehead atoms. The van der Waals surface area contributed by atoms with Gasteiger partial charge in [0.1, 0.15) is 17.8 Å². The smallest absolute Gasteiger partial charge is 0.230 e. The molecule has 1 saturated heterocycles. The van der Waals surface area contributed by atoms with Gasteiger partial charge in [0.25, 0.3) is 0 Å². The molecule has 3 heterocycles. The Kier molecular flexibility index (Phi) is 7.33. The summed E-state index contributed by atoms with van der Waals surface area (Å²) in [6.45, 7) is 6.09. The lowest BCUT2D eigenvalue weighted by Crippen LogP contribution is -2.31. The van der Waals surface area contributed by atoms with Crippen LogP contribution in [-0.4, -0.2) is 48.2 Å². The van der Waals surface area contributed by atoms with Crippen LogP contribution < -0.4 is 4.74 Å². The lowest BCUT2D eigenvalue weighted by atomic mass is 9.96. The summed E-state index contributed by atoms with van der Waals surface area (Å²) in [5.41, 5.74) is 4.78. The number of benzene rings is 2. The van der Waals surface area contributed by atoms with Crippen LogP contribution in [0.1, 0.15) is 31.4 Å². The molecule has 4 aromatic rings. The summed E-state index contributed by atoms with van der Waals surface area (Å²) in [6.07, 6.45) is 6.84. The minimum absolute atomic E-state index is 0.532. The first-order valence-corrected chi connectivity index (χ1v) is 12.6. The number of methoxy groups -OCH3 is 2. The van der Waals surface area contributed by atoms with E-state index in [2.05, 4.69) is 40.7 Å². The van der Waals surface area contributed by atoms with Gasteiger partial charge in [0.2, 0.25) is 5.71 Å². The second-order valence-corrected chi connectivity index (χ2v) is 9.26. The molecule has 6 heteroatoms. The van der Waals surface area contributed by atoms with E-state index in [-0.39, 0.29) is 0 Å². The van der Waals surface area contributed by atoms with Crippen molar-refractivity contribution in [3.63, 3.8) is 0 Å². The predicted octanol–water partition coefficient (Wildman–Crippen LogP) is 6.51. The number of furan rings is 1. The maximum atomic E-state index is 6.39. The van der Waals surface area contributed by atoms with Crippen LogP contribution in [0.4, 0.5) is 0 Å². The van der Waals surface area contributed by atoms with E-state index in [4.69, 9.17) is 18.9 Å². The third kappa shape index (κ3) is 5.00. The summed E-state index contributed by atoms with van der Waals surface area (Å²) < 4.78 is 17.1. The van der Waals surface area contributed by atoms with Gasteiger partial charge in [-0.2, -0.15) is 0 Å². The number of rotatable bonds is 10. The van der Waals surface area contributed by atoms with Gasteiger partial charge in [-0.3, -0.25) is 4.90 Å². The number of fused-ring (bicyclic) bond motifs is 1. The molecule has 6 nitrogen and oxygen atoms in total. The zero-order valence-electron chi connectivity index (χ0n) is 21.1. The van der Waals surface area contributed by atoms with E-state index in [0.29, 0.717) is 11.8 Å². The Labute approximate surface area is 212 Å². The summed E-state index contributed by atoms with van der Waals surface area (Å²) in [7, 11) is 3.38. The molecule has 0 unspecified atom stereocenters. The monoisotopic (exact) mass is 483 g/mol. The lowest BCUT2D eigenvalue weighted by Gasteiger charge is -2.24. The van der Waals surface area contributed by atoms with E-state index in [0.717, 1.165) is 77.4 Å². The van der Waals surface area contributed by atoms with E-state index in [1.54, 1.807) is 20.5 Å². The van der Waals surface area contributed by atoms with E-state index in [9.17, 15) is 0 Å². The maximum Gasteiger partial charge on any atom is 0.230 e. The second-order valence-electron chi connectivity index (χ2n) is 9.26. The zero-order valence-corrected chi connectivity index (χ0v) is 21.1. The Balaban J connectivity index is 1.49. The SMILES string of the molecule is C=C(CCN1CCC[C@@H]1CCc1ncnc2oc(-c3ccccc3)c(-c3ccc(OC)cc3)c12)OC. The van der Waals surface area contributed by atoms with Crippen molar-refractivity contribution < 1.29 is 13.9 Å². The molecule has 2 aromatic heterocycles. The number of aromatic nitrogens is 2. The number of ether oxygens (including phenoxy) is 2. The van der Waals surface area contributed by atoms with Gasteiger partial charge in [-0.15, -0.1) is 0 Å². The van der Waals surface area contributed by atoms with Gasteiger partial charge >= 0.3 is 0 Å². The van der Waals surface area contributed by atoms with Gasteiger partial charge in [0.15, 0.2) is 0 Å². The lowest BCUT2D eigenvalue weighted by molar-refractivity contribution is 0.216. The van der Waals surface area contributed by atoms with Gasteiger partial charge in [-0.25, -0.2) is 9.97 Å². The Morgan fingerprint density at radius 1 is 1.06 bits per heavy atom. The largest absolute Gasteiger partial charge is 0.502 e. The first-order chi connectivity index (χ1) is 17.7. The Morgan fingerprint density at radius 3 is 2.61 bits per heavy atom. The number of nitrogens with zero attached hydrogens (tertiary/aromatic N) is 3. The molecule has 2 aromatic carbocycles. The number of hydrogen-bond donors (Lipinski definition) is 0. The standard InChI is InChI=1S/C30H33N3O3/c1-21(34-2)17-19-33-18-7-10-24(33)13-16-26-28-27(22-11-14-25(35-3)15-12-22)29(23-8-5-4-6-9-23)36-30(28)32-20-31-26/h4-6,8-9,11-12,14-15,20,24H,1,7,10,13,16-19H2,2-3H3/t24-/m1/s1. The van der Waals surface area contributed by atoms with E-state index in [1.165, 1.54) is 12.8 Å². The molecular weight excluding hydrogens is 450 g/mol. The van der Waals surface area contributed by atoms with E-state index in [1.807, 2.05) is 30.3 Å². The molecule has 5 rings (SSSR count). The molecule has 0 amide bonds. The van der Waals surface area contributed by atoms with Crippen molar-refractivity contribution in [3.05, 3.63) is 79.0 Å². The summed E-state index contributed by atoms with van der Waals surface area (Å²) in [6, 6.07) is 18.9. The summed E-state index contributed by atoms with van der Waals surface area (Å²) in [4.78, 5) is 11.9. The molecule has 0 saturated carbocycles. The first kappa shape index (κ1) is 24.1. The van der Waals surface area contributed by atoms with Crippen LogP contribution in [0.5, 0.6) is 5.75 Å². The van der Waals surface area contributed by atoms with Crippen LogP contribution in [0.2, 0.25) is 0 Å². The fourth-order valence-corrected chi connectivity index (χ4v) is 5.20. The second kappa shape index (κ2) is 11.0. The Morgan fingerprint density at radius 2 is 1.86 bits per heavy atom. The average molecular weight is 484 g/mol. The molecule has 1 atom stereocenters. The van der Waals surface area contributed by atoms with Crippen molar-refractivity contribution in [2.24, 2.45) is 0 Å². The molecule has 36 heavy (non-hydrogen) atoms. The fraction of sp³-hybridized carbons (Fsp3) is 0.333. The van der Waals surface area contributed by atoms with Crippen LogP contribution >= 0.6 is 0 Å². The number of likely N-dealkylation sites (tertiary alicyclic amines) is 1. The highest BCUT2D eigenvalue weighted by Crippen LogP contribution is 2.42. The van der Waals surface area contributed by atoms with Crippen molar-refractivity contribution in [1.29, 1.82) is 0 Å². The van der Waals surface area contributed by atoms with Crippen molar-refractivity contribution >= 4 is 11.1 Å². The number of hydrogen-bond acceptors (Lipinski definition) is 6. The van der Waals surface area contributed by atoms with Gasteiger partial charge in [0, 0.05) is 30.1 Å². The van der Waals surface area contributed by atoms with Crippen molar-refractivity contribution in [1.82, 2.24) is 14.9 Å². The molecular formula is C30H33N3O3. The van der Waals surface area contributed by atoms with Crippen LogP contribution in [0.15, 0.2) is 77.7 Å². The maximum absolute atomic E-state index is 6.39. The van der Waals surface area contributed by atoms with Gasteiger partial charge in [-0.05, 0) is 49.9 Å². The first-order valence-electron chi connectivity index (χ1n) is 12.6. The normalized spacial score (nSPS) is 15.9.